The highest BCUT2D eigenvalue weighted by Crippen LogP contribution is 2.28. The van der Waals surface area contributed by atoms with E-state index in [4.69, 9.17) is 4.74 Å². The minimum absolute atomic E-state index is 0.0992. The van der Waals surface area contributed by atoms with E-state index in [1.54, 1.807) is 43.0 Å². The van der Waals surface area contributed by atoms with Crippen LogP contribution < -0.4 is 0 Å². The van der Waals surface area contributed by atoms with E-state index in [-0.39, 0.29) is 41.6 Å². The number of hydrogen-bond acceptors (Lipinski definition) is 5. The summed E-state index contributed by atoms with van der Waals surface area (Å²) in [6.45, 7) is 7.08. The fourth-order valence-electron chi connectivity index (χ4n) is 4.34. The van der Waals surface area contributed by atoms with Gasteiger partial charge in [-0.1, -0.05) is 26.0 Å². The van der Waals surface area contributed by atoms with Crippen LogP contribution in [0.4, 0.5) is 0 Å². The Labute approximate surface area is 171 Å². The standard InChI is InChI=1S/C22H28N2O5/c1-13(2)19(24-20(26)16-10-5-6-11-17(16)21(24)27)22(28)29-12-18(25)23-14(3)8-7-9-15(23)4/h5-6,10-11,13-15,19H,7-9,12H2,1-4H3/t14-,15-,19+/m1/s1. The Balaban J connectivity index is 1.72. The van der Waals surface area contributed by atoms with Gasteiger partial charge in [0.1, 0.15) is 6.04 Å². The molecule has 1 saturated heterocycles. The van der Waals surface area contributed by atoms with Crippen molar-refractivity contribution in [1.29, 1.82) is 0 Å². The minimum atomic E-state index is -1.08. The Bertz CT molecular complexity index is 789. The summed E-state index contributed by atoms with van der Waals surface area (Å²) < 4.78 is 5.31. The molecule has 1 aromatic rings. The molecule has 0 N–H and O–H groups in total. The van der Waals surface area contributed by atoms with Gasteiger partial charge in [0, 0.05) is 12.1 Å². The smallest absolute Gasteiger partial charge is 0.330 e. The van der Waals surface area contributed by atoms with Gasteiger partial charge in [-0.05, 0) is 51.2 Å². The number of esters is 1. The van der Waals surface area contributed by atoms with Crippen LogP contribution in [0.15, 0.2) is 24.3 Å². The van der Waals surface area contributed by atoms with Crippen LogP contribution in [0.3, 0.4) is 0 Å². The van der Waals surface area contributed by atoms with Crippen LogP contribution in [-0.2, 0) is 14.3 Å². The number of carbonyl (C=O) groups excluding carboxylic acids is 4. The fraction of sp³-hybridized carbons (Fsp3) is 0.545. The van der Waals surface area contributed by atoms with E-state index in [1.165, 1.54) is 0 Å². The maximum atomic E-state index is 12.8. The Morgan fingerprint density at radius 1 is 1.03 bits per heavy atom. The zero-order chi connectivity index (χ0) is 21.3. The van der Waals surface area contributed by atoms with Crippen molar-refractivity contribution in [2.45, 2.75) is 65.1 Å². The number of carbonyl (C=O) groups is 4. The van der Waals surface area contributed by atoms with E-state index in [0.717, 1.165) is 24.2 Å². The second kappa shape index (κ2) is 8.35. The lowest BCUT2D eigenvalue weighted by Gasteiger charge is -2.39. The van der Waals surface area contributed by atoms with Crippen molar-refractivity contribution in [3.8, 4) is 0 Å². The lowest BCUT2D eigenvalue weighted by molar-refractivity contribution is -0.158. The first-order valence-corrected chi connectivity index (χ1v) is 10.2. The largest absolute Gasteiger partial charge is 0.454 e. The molecule has 1 fully saturated rings. The fourth-order valence-corrected chi connectivity index (χ4v) is 4.34. The molecule has 0 unspecified atom stereocenters. The number of nitrogens with zero attached hydrogens (tertiary/aromatic N) is 2. The number of rotatable bonds is 5. The van der Waals surface area contributed by atoms with Gasteiger partial charge in [0.2, 0.25) is 0 Å². The van der Waals surface area contributed by atoms with E-state index in [9.17, 15) is 19.2 Å². The number of amides is 3. The predicted octanol–water partition coefficient (Wildman–Crippen LogP) is 2.64. The Morgan fingerprint density at radius 2 is 1.55 bits per heavy atom. The molecule has 1 aromatic carbocycles. The molecule has 0 aromatic heterocycles. The van der Waals surface area contributed by atoms with Crippen molar-refractivity contribution < 1.29 is 23.9 Å². The number of piperidine rings is 1. The molecule has 2 heterocycles. The molecule has 0 radical (unpaired) electrons. The van der Waals surface area contributed by atoms with Crippen LogP contribution in [0.2, 0.25) is 0 Å². The van der Waals surface area contributed by atoms with Gasteiger partial charge < -0.3 is 9.64 Å². The van der Waals surface area contributed by atoms with Crippen molar-refractivity contribution in [3.05, 3.63) is 35.4 Å². The summed E-state index contributed by atoms with van der Waals surface area (Å²) in [5.74, 6) is -2.35. The van der Waals surface area contributed by atoms with E-state index < -0.39 is 23.8 Å². The highest BCUT2D eigenvalue weighted by atomic mass is 16.5. The molecular weight excluding hydrogens is 372 g/mol. The summed E-state index contributed by atoms with van der Waals surface area (Å²) in [5, 5.41) is 0. The van der Waals surface area contributed by atoms with Crippen molar-refractivity contribution >= 4 is 23.7 Å². The van der Waals surface area contributed by atoms with Gasteiger partial charge in [0.25, 0.3) is 17.7 Å². The highest BCUT2D eigenvalue weighted by Gasteiger charge is 2.45. The minimum Gasteiger partial charge on any atom is -0.454 e. The summed E-state index contributed by atoms with van der Waals surface area (Å²) in [7, 11) is 0. The van der Waals surface area contributed by atoms with Gasteiger partial charge in [-0.2, -0.15) is 0 Å². The summed E-state index contributed by atoms with van der Waals surface area (Å²) in [6.07, 6.45) is 2.92. The van der Waals surface area contributed by atoms with Crippen LogP contribution in [-0.4, -0.2) is 58.2 Å². The van der Waals surface area contributed by atoms with E-state index >= 15 is 0 Å². The van der Waals surface area contributed by atoms with Crippen LogP contribution in [0, 0.1) is 5.92 Å². The zero-order valence-electron chi connectivity index (χ0n) is 17.4. The topological polar surface area (TPSA) is 84.0 Å². The van der Waals surface area contributed by atoms with Crippen molar-refractivity contribution in [1.82, 2.24) is 9.80 Å². The third kappa shape index (κ3) is 3.91. The van der Waals surface area contributed by atoms with E-state index in [2.05, 4.69) is 0 Å². The quantitative estimate of drug-likeness (QED) is 0.560. The van der Waals surface area contributed by atoms with Gasteiger partial charge in [-0.3, -0.25) is 19.3 Å². The first-order chi connectivity index (χ1) is 13.7. The first kappa shape index (κ1) is 21.0. The number of likely N-dealkylation sites (tertiary alicyclic amines) is 1. The predicted molar refractivity (Wildman–Crippen MR) is 106 cm³/mol. The summed E-state index contributed by atoms with van der Waals surface area (Å²) >= 11 is 0. The Kier molecular flexibility index (Phi) is 6.05. The first-order valence-electron chi connectivity index (χ1n) is 10.2. The molecule has 3 amide bonds. The van der Waals surface area contributed by atoms with Crippen molar-refractivity contribution in [2.24, 2.45) is 5.92 Å². The maximum Gasteiger partial charge on any atom is 0.330 e. The third-order valence-corrected chi connectivity index (χ3v) is 5.80. The molecule has 3 rings (SSSR count). The highest BCUT2D eigenvalue weighted by molar-refractivity contribution is 6.22. The number of ether oxygens (including phenoxy) is 1. The Hall–Kier alpha value is -2.70. The molecule has 0 bridgehead atoms. The second-order valence-electron chi connectivity index (χ2n) is 8.25. The molecule has 2 aliphatic rings. The number of benzene rings is 1. The van der Waals surface area contributed by atoms with Gasteiger partial charge in [0.15, 0.2) is 6.61 Å². The molecule has 0 saturated carbocycles. The molecule has 0 aliphatic carbocycles. The van der Waals surface area contributed by atoms with Crippen LogP contribution in [0.5, 0.6) is 0 Å². The van der Waals surface area contributed by atoms with Crippen LogP contribution >= 0.6 is 0 Å². The summed E-state index contributed by atoms with van der Waals surface area (Å²) in [5.41, 5.74) is 0.561. The van der Waals surface area contributed by atoms with Gasteiger partial charge >= 0.3 is 5.97 Å². The zero-order valence-corrected chi connectivity index (χ0v) is 17.4. The summed E-state index contributed by atoms with van der Waals surface area (Å²) in [4.78, 5) is 53.7. The SMILES string of the molecule is CC(C)[C@@H](C(=O)OCC(=O)N1[C@H](C)CCC[C@H]1C)N1C(=O)c2ccccc2C1=O. The lowest BCUT2D eigenvalue weighted by atomic mass is 9.97. The van der Waals surface area contributed by atoms with E-state index in [1.807, 2.05) is 13.8 Å². The van der Waals surface area contributed by atoms with Crippen LogP contribution in [0.25, 0.3) is 0 Å². The summed E-state index contributed by atoms with van der Waals surface area (Å²) in [6, 6.07) is 5.61. The van der Waals surface area contributed by atoms with Gasteiger partial charge in [0.05, 0.1) is 11.1 Å². The molecule has 7 nitrogen and oxygen atoms in total. The number of fused-ring (bicyclic) bond motifs is 1. The second-order valence-corrected chi connectivity index (χ2v) is 8.25. The number of hydrogen-bond donors (Lipinski definition) is 0. The molecule has 7 heteroatoms. The monoisotopic (exact) mass is 400 g/mol. The van der Waals surface area contributed by atoms with Gasteiger partial charge in [-0.25, -0.2) is 4.79 Å². The van der Waals surface area contributed by atoms with Gasteiger partial charge in [-0.15, -0.1) is 0 Å². The maximum absolute atomic E-state index is 12.8. The third-order valence-electron chi connectivity index (χ3n) is 5.80. The van der Waals surface area contributed by atoms with Crippen molar-refractivity contribution in [3.63, 3.8) is 0 Å². The molecule has 29 heavy (non-hydrogen) atoms. The normalized spacial score (nSPS) is 22.7. The van der Waals surface area contributed by atoms with E-state index in [0.29, 0.717) is 0 Å². The number of imide groups is 1. The molecule has 0 spiro atoms. The molecule has 156 valence electrons. The van der Waals surface area contributed by atoms with Crippen molar-refractivity contribution in [2.75, 3.05) is 6.61 Å². The Morgan fingerprint density at radius 3 is 2.03 bits per heavy atom. The molecule has 2 aliphatic heterocycles. The average Bonchev–Trinajstić information content (AvgIpc) is 2.92. The average molecular weight is 400 g/mol. The van der Waals surface area contributed by atoms with Crippen LogP contribution in [0.1, 0.15) is 67.7 Å². The lowest BCUT2D eigenvalue weighted by Crippen LogP contribution is -2.51. The molecular formula is C22H28N2O5. The molecule has 3 atom stereocenters.